The Morgan fingerprint density at radius 1 is 1.31 bits per heavy atom. The van der Waals surface area contributed by atoms with Gasteiger partial charge in [0.15, 0.2) is 0 Å². The molecule has 2 fully saturated rings. The molecule has 7 heteroatoms. The number of carbonyl (C=O) groups excluding carboxylic acids is 1. The van der Waals surface area contributed by atoms with Crippen LogP contribution in [0.2, 0.25) is 0 Å². The molecule has 1 atom stereocenters. The summed E-state index contributed by atoms with van der Waals surface area (Å²) >= 11 is 1.73. The predicted molar refractivity (Wildman–Crippen MR) is 106 cm³/mol. The molecule has 0 radical (unpaired) electrons. The van der Waals surface area contributed by atoms with Crippen molar-refractivity contribution in [2.24, 2.45) is 17.6 Å². The maximum Gasteiger partial charge on any atom is 0.223 e. The molecule has 6 nitrogen and oxygen atoms in total. The summed E-state index contributed by atoms with van der Waals surface area (Å²) in [5.74, 6) is 1.89. The summed E-state index contributed by atoms with van der Waals surface area (Å²) in [6.45, 7) is 6.60. The Bertz CT molecular complexity index is 808. The molecule has 1 amide bonds. The average Bonchev–Trinajstić information content (AvgIpc) is 3.46. The zero-order valence-electron chi connectivity index (χ0n) is 15.5. The lowest BCUT2D eigenvalue weighted by molar-refractivity contribution is -0.125. The monoisotopic (exact) mass is 373 g/mol. The number of thiophene rings is 1. The van der Waals surface area contributed by atoms with Gasteiger partial charge in [-0.15, -0.1) is 11.3 Å². The van der Waals surface area contributed by atoms with E-state index in [9.17, 15) is 4.79 Å². The fourth-order valence-corrected chi connectivity index (χ4v) is 4.80. The van der Waals surface area contributed by atoms with E-state index in [-0.39, 0.29) is 17.9 Å². The van der Waals surface area contributed by atoms with Gasteiger partial charge in [0.2, 0.25) is 5.91 Å². The number of rotatable bonds is 5. The Balaban J connectivity index is 1.38. The first-order valence-electron chi connectivity index (χ1n) is 9.53. The van der Waals surface area contributed by atoms with Crippen LogP contribution in [0, 0.1) is 25.7 Å². The maximum atomic E-state index is 12.4. The summed E-state index contributed by atoms with van der Waals surface area (Å²) in [6, 6.07) is 0.123. The molecule has 3 N–H and O–H groups in total. The van der Waals surface area contributed by atoms with Gasteiger partial charge >= 0.3 is 0 Å². The quantitative estimate of drug-likeness (QED) is 0.841. The maximum absolute atomic E-state index is 12.4. The van der Waals surface area contributed by atoms with Crippen LogP contribution in [0.1, 0.15) is 36.1 Å². The van der Waals surface area contributed by atoms with Crippen LogP contribution in [-0.4, -0.2) is 41.6 Å². The van der Waals surface area contributed by atoms with Gasteiger partial charge in [-0.2, -0.15) is 0 Å². The van der Waals surface area contributed by atoms with Crippen molar-refractivity contribution in [3.63, 3.8) is 0 Å². The molecule has 1 saturated heterocycles. The van der Waals surface area contributed by atoms with Gasteiger partial charge in [-0.25, -0.2) is 9.97 Å². The molecule has 140 valence electrons. The molecule has 1 aliphatic heterocycles. The molecule has 2 aliphatic rings. The zero-order chi connectivity index (χ0) is 18.3. The molecule has 1 unspecified atom stereocenters. The van der Waals surface area contributed by atoms with Crippen molar-refractivity contribution in [3.8, 4) is 0 Å². The summed E-state index contributed by atoms with van der Waals surface area (Å²) < 4.78 is 0. The number of piperidine rings is 1. The lowest BCUT2D eigenvalue weighted by atomic mass is 9.95. The second-order valence-corrected chi connectivity index (χ2v) is 8.87. The Morgan fingerprint density at radius 3 is 2.73 bits per heavy atom. The fraction of sp³-hybridized carbons (Fsp3) is 0.632. The summed E-state index contributed by atoms with van der Waals surface area (Å²) in [5.41, 5.74) is 7.36. The van der Waals surface area contributed by atoms with Crippen molar-refractivity contribution in [3.05, 3.63) is 16.8 Å². The third-order valence-electron chi connectivity index (χ3n) is 5.85. The highest BCUT2D eigenvalue weighted by molar-refractivity contribution is 7.18. The van der Waals surface area contributed by atoms with E-state index < -0.39 is 0 Å². The van der Waals surface area contributed by atoms with Gasteiger partial charge in [-0.3, -0.25) is 4.79 Å². The summed E-state index contributed by atoms with van der Waals surface area (Å²) in [7, 11) is 0. The van der Waals surface area contributed by atoms with E-state index in [1.54, 1.807) is 17.7 Å². The number of nitrogens with one attached hydrogen (secondary N) is 1. The van der Waals surface area contributed by atoms with E-state index in [0.29, 0.717) is 12.5 Å². The van der Waals surface area contributed by atoms with Gasteiger partial charge in [-0.1, -0.05) is 0 Å². The van der Waals surface area contributed by atoms with Crippen LogP contribution >= 0.6 is 11.3 Å². The minimum atomic E-state index is 0.0836. The Hall–Kier alpha value is -1.73. The van der Waals surface area contributed by atoms with Crippen molar-refractivity contribution >= 4 is 33.3 Å². The molecule has 1 saturated carbocycles. The Morgan fingerprint density at radius 2 is 2.04 bits per heavy atom. The first-order valence-corrected chi connectivity index (χ1v) is 10.3. The number of fused-ring (bicyclic) bond motifs is 1. The van der Waals surface area contributed by atoms with E-state index in [1.807, 2.05) is 0 Å². The predicted octanol–water partition coefficient (Wildman–Crippen LogP) is 2.38. The number of carbonyl (C=O) groups is 1. The van der Waals surface area contributed by atoms with Crippen LogP contribution in [0.25, 0.3) is 10.2 Å². The molecule has 1 aliphatic carbocycles. The molecular formula is C19H27N5OS. The van der Waals surface area contributed by atoms with E-state index in [2.05, 4.69) is 34.0 Å². The van der Waals surface area contributed by atoms with Crippen molar-refractivity contribution in [1.29, 1.82) is 0 Å². The molecule has 0 aromatic carbocycles. The van der Waals surface area contributed by atoms with Crippen LogP contribution in [0.4, 0.5) is 5.82 Å². The Labute approximate surface area is 158 Å². The number of hydrogen-bond acceptors (Lipinski definition) is 6. The van der Waals surface area contributed by atoms with E-state index >= 15 is 0 Å². The summed E-state index contributed by atoms with van der Waals surface area (Å²) in [6.07, 6.45) is 5.80. The molecule has 26 heavy (non-hydrogen) atoms. The number of nitrogens with zero attached hydrogens (tertiary/aromatic N) is 3. The van der Waals surface area contributed by atoms with Crippen LogP contribution in [-0.2, 0) is 4.79 Å². The van der Waals surface area contributed by atoms with E-state index in [0.717, 1.165) is 36.6 Å². The molecule has 2 aromatic rings. The summed E-state index contributed by atoms with van der Waals surface area (Å²) in [5, 5.41) is 4.24. The van der Waals surface area contributed by atoms with Crippen molar-refractivity contribution in [2.45, 2.75) is 45.6 Å². The van der Waals surface area contributed by atoms with Crippen LogP contribution < -0.4 is 16.0 Å². The second kappa shape index (κ2) is 7.12. The van der Waals surface area contributed by atoms with Crippen LogP contribution in [0.15, 0.2) is 6.33 Å². The largest absolute Gasteiger partial charge is 0.356 e. The number of amides is 1. The number of anilines is 1. The zero-order valence-corrected chi connectivity index (χ0v) is 16.3. The number of aryl methyl sites for hydroxylation is 2. The smallest absolute Gasteiger partial charge is 0.223 e. The highest BCUT2D eigenvalue weighted by atomic mass is 32.1. The number of nitrogens with two attached hydrogens (primary N) is 1. The van der Waals surface area contributed by atoms with Crippen molar-refractivity contribution in [2.75, 3.05) is 24.5 Å². The van der Waals surface area contributed by atoms with Crippen molar-refractivity contribution < 1.29 is 4.79 Å². The SMILES string of the molecule is Cc1sc2ncnc(N3CCC(C(=O)NCC(N)C4CC4)CC3)c2c1C. The van der Waals surface area contributed by atoms with E-state index in [1.165, 1.54) is 28.7 Å². The van der Waals surface area contributed by atoms with Gasteiger partial charge in [0.1, 0.15) is 17.0 Å². The first kappa shape index (κ1) is 17.7. The van der Waals surface area contributed by atoms with E-state index in [4.69, 9.17) is 5.73 Å². The van der Waals surface area contributed by atoms with Gasteiger partial charge in [0.25, 0.3) is 0 Å². The minimum absolute atomic E-state index is 0.0836. The molecule has 2 aromatic heterocycles. The fourth-order valence-electron chi connectivity index (χ4n) is 3.81. The standard InChI is InChI=1S/C19H27N5OS/c1-11-12(2)26-19-16(11)17(22-10-23-19)24-7-5-14(6-8-24)18(25)21-9-15(20)13-3-4-13/h10,13-15H,3-9,20H2,1-2H3,(H,21,25). The van der Waals surface area contributed by atoms with Gasteiger partial charge in [-0.05, 0) is 51.0 Å². The van der Waals surface area contributed by atoms with Gasteiger partial charge in [0.05, 0.1) is 5.39 Å². The lowest BCUT2D eigenvalue weighted by Gasteiger charge is -2.32. The number of aromatic nitrogens is 2. The van der Waals surface area contributed by atoms with Gasteiger partial charge < -0.3 is 16.0 Å². The first-order chi connectivity index (χ1) is 12.5. The molecule has 3 heterocycles. The lowest BCUT2D eigenvalue weighted by Crippen LogP contribution is -2.44. The summed E-state index contributed by atoms with van der Waals surface area (Å²) in [4.78, 5) is 26.1. The molecule has 0 bridgehead atoms. The average molecular weight is 374 g/mol. The Kier molecular flexibility index (Phi) is 4.84. The second-order valence-electron chi connectivity index (χ2n) is 7.67. The molecular weight excluding hydrogens is 346 g/mol. The van der Waals surface area contributed by atoms with Crippen LogP contribution in [0.3, 0.4) is 0 Å². The third kappa shape index (κ3) is 3.42. The van der Waals surface area contributed by atoms with Crippen LogP contribution in [0.5, 0.6) is 0 Å². The topological polar surface area (TPSA) is 84.1 Å². The third-order valence-corrected chi connectivity index (χ3v) is 6.97. The number of hydrogen-bond donors (Lipinski definition) is 2. The minimum Gasteiger partial charge on any atom is -0.356 e. The highest BCUT2D eigenvalue weighted by Gasteiger charge is 2.30. The highest BCUT2D eigenvalue weighted by Crippen LogP contribution is 2.35. The van der Waals surface area contributed by atoms with Gasteiger partial charge in [0, 0.05) is 36.5 Å². The van der Waals surface area contributed by atoms with Crippen molar-refractivity contribution in [1.82, 2.24) is 15.3 Å². The molecule has 4 rings (SSSR count). The normalized spacial score (nSPS) is 19.7. The molecule has 0 spiro atoms.